The van der Waals surface area contributed by atoms with Gasteiger partial charge in [-0.2, -0.15) is 5.26 Å². The zero-order chi connectivity index (χ0) is 23.9. The van der Waals surface area contributed by atoms with Gasteiger partial charge >= 0.3 is 0 Å². The normalized spacial score (nSPS) is 16.6. The molecule has 34 heavy (non-hydrogen) atoms. The number of piperazine rings is 1. The predicted octanol–water partition coefficient (Wildman–Crippen LogP) is 3.67. The van der Waals surface area contributed by atoms with Crippen LogP contribution in [-0.2, 0) is 24.4 Å². The minimum absolute atomic E-state index is 0.152. The number of anilines is 1. The number of hydrogen-bond acceptors (Lipinski definition) is 5. The monoisotopic (exact) mass is 456 g/mol. The van der Waals surface area contributed by atoms with Crippen molar-refractivity contribution in [3.05, 3.63) is 83.4 Å². The summed E-state index contributed by atoms with van der Waals surface area (Å²) in [6.45, 7) is 5.36. The average molecular weight is 457 g/mol. The highest BCUT2D eigenvalue weighted by Crippen LogP contribution is 2.27. The summed E-state index contributed by atoms with van der Waals surface area (Å²) in [6.07, 6.45) is 6.61. The zero-order valence-corrected chi connectivity index (χ0v) is 19.7. The van der Waals surface area contributed by atoms with Crippen LogP contribution < -0.4 is 10.6 Å². The van der Waals surface area contributed by atoms with Crippen molar-refractivity contribution >= 4 is 11.6 Å². The standard InChI is InChI=1S/C27H32N6O/c1-2-3-7-26-27(34)33(25-8-5-4-6-23(25)16-29)14-13-31(26)19-24-17-30-20-32(24)18-22-11-9-21(15-28)10-12-22/h4-6,8-12,17,20,26H,2-3,7,13-14,16,18-19,29H2,1H3/t26-/m0/s1. The number of nitrogens with two attached hydrogens (primary N) is 1. The highest BCUT2D eigenvalue weighted by atomic mass is 16.2. The molecule has 0 saturated carbocycles. The van der Waals surface area contributed by atoms with Gasteiger partial charge in [0.15, 0.2) is 0 Å². The molecule has 1 aliphatic heterocycles. The van der Waals surface area contributed by atoms with E-state index >= 15 is 0 Å². The van der Waals surface area contributed by atoms with Crippen LogP contribution in [-0.4, -0.2) is 39.5 Å². The summed E-state index contributed by atoms with van der Waals surface area (Å²) in [5.41, 5.74) is 10.7. The molecule has 1 atom stereocenters. The molecule has 7 nitrogen and oxygen atoms in total. The summed E-state index contributed by atoms with van der Waals surface area (Å²) in [6, 6.07) is 17.5. The summed E-state index contributed by atoms with van der Waals surface area (Å²) in [4.78, 5) is 22.3. The van der Waals surface area contributed by atoms with E-state index in [9.17, 15) is 4.79 Å². The number of hydrogen-bond donors (Lipinski definition) is 1. The number of rotatable bonds is 9. The van der Waals surface area contributed by atoms with Crippen molar-refractivity contribution in [3.8, 4) is 6.07 Å². The van der Waals surface area contributed by atoms with Gasteiger partial charge in [0.05, 0.1) is 29.7 Å². The molecule has 2 N–H and O–H groups in total. The molecule has 1 saturated heterocycles. The number of benzene rings is 2. The SMILES string of the molecule is CCCC[C@H]1C(=O)N(c2ccccc2CN)CCN1Cc1cncn1Cc1ccc(C#N)cc1. The highest BCUT2D eigenvalue weighted by Gasteiger charge is 2.35. The number of carbonyl (C=O) groups excluding carboxylic acids is 1. The van der Waals surface area contributed by atoms with Crippen LogP contribution in [0.25, 0.3) is 0 Å². The Bertz CT molecular complexity index is 1150. The molecule has 4 rings (SSSR count). The molecular weight excluding hydrogens is 424 g/mol. The van der Waals surface area contributed by atoms with Crippen LogP contribution in [0.4, 0.5) is 5.69 Å². The van der Waals surface area contributed by atoms with E-state index < -0.39 is 0 Å². The fourth-order valence-electron chi connectivity index (χ4n) is 4.62. The summed E-state index contributed by atoms with van der Waals surface area (Å²) >= 11 is 0. The van der Waals surface area contributed by atoms with Gasteiger partial charge in [0.2, 0.25) is 5.91 Å². The van der Waals surface area contributed by atoms with Crippen LogP contribution in [0.1, 0.15) is 48.6 Å². The van der Waals surface area contributed by atoms with Crippen LogP contribution in [0.5, 0.6) is 0 Å². The summed E-state index contributed by atoms with van der Waals surface area (Å²) in [7, 11) is 0. The molecule has 0 spiro atoms. The first-order valence-electron chi connectivity index (χ1n) is 12.0. The second-order valence-corrected chi connectivity index (χ2v) is 8.77. The van der Waals surface area contributed by atoms with E-state index in [4.69, 9.17) is 11.0 Å². The van der Waals surface area contributed by atoms with Crippen molar-refractivity contribution in [3.63, 3.8) is 0 Å². The first-order chi connectivity index (χ1) is 16.6. The van der Waals surface area contributed by atoms with Gasteiger partial charge < -0.3 is 15.2 Å². The van der Waals surface area contributed by atoms with E-state index in [1.807, 2.05) is 66.0 Å². The van der Waals surface area contributed by atoms with Gasteiger partial charge in [-0.15, -0.1) is 0 Å². The second-order valence-electron chi connectivity index (χ2n) is 8.77. The van der Waals surface area contributed by atoms with Crippen LogP contribution in [0.2, 0.25) is 0 Å². The fourth-order valence-corrected chi connectivity index (χ4v) is 4.62. The molecule has 1 aliphatic rings. The Morgan fingerprint density at radius 1 is 1.12 bits per heavy atom. The third kappa shape index (κ3) is 5.19. The lowest BCUT2D eigenvalue weighted by Gasteiger charge is -2.41. The summed E-state index contributed by atoms with van der Waals surface area (Å²) in [5, 5.41) is 9.03. The van der Waals surface area contributed by atoms with Crippen LogP contribution in [0.15, 0.2) is 61.1 Å². The quantitative estimate of drug-likeness (QED) is 0.530. The van der Waals surface area contributed by atoms with E-state index in [1.54, 1.807) is 0 Å². The maximum Gasteiger partial charge on any atom is 0.244 e. The average Bonchev–Trinajstić information content (AvgIpc) is 3.30. The largest absolute Gasteiger partial charge is 0.329 e. The Hall–Kier alpha value is -3.47. The molecule has 3 aromatic rings. The van der Waals surface area contributed by atoms with Crippen molar-refractivity contribution < 1.29 is 4.79 Å². The van der Waals surface area contributed by atoms with Gasteiger partial charge in [-0.05, 0) is 35.7 Å². The predicted molar refractivity (Wildman–Crippen MR) is 133 cm³/mol. The Balaban J connectivity index is 1.52. The number of para-hydroxylation sites is 1. The van der Waals surface area contributed by atoms with Gasteiger partial charge in [0.1, 0.15) is 0 Å². The van der Waals surface area contributed by atoms with Gasteiger partial charge in [0.25, 0.3) is 0 Å². The first kappa shape index (κ1) is 23.7. The van der Waals surface area contributed by atoms with Crippen molar-refractivity contribution in [1.29, 1.82) is 5.26 Å². The van der Waals surface area contributed by atoms with E-state index in [0.717, 1.165) is 48.3 Å². The Morgan fingerprint density at radius 3 is 2.65 bits per heavy atom. The lowest BCUT2D eigenvalue weighted by Crippen LogP contribution is -2.57. The number of nitriles is 1. The maximum absolute atomic E-state index is 13.7. The van der Waals surface area contributed by atoms with Crippen molar-refractivity contribution in [1.82, 2.24) is 14.5 Å². The van der Waals surface area contributed by atoms with E-state index in [-0.39, 0.29) is 11.9 Å². The molecule has 0 bridgehead atoms. The number of imidazole rings is 1. The zero-order valence-electron chi connectivity index (χ0n) is 19.7. The molecule has 0 radical (unpaired) electrons. The molecule has 2 heterocycles. The minimum atomic E-state index is -0.169. The molecule has 176 valence electrons. The van der Waals surface area contributed by atoms with E-state index in [0.29, 0.717) is 31.7 Å². The number of amides is 1. The number of nitrogens with zero attached hydrogens (tertiary/aromatic N) is 5. The lowest BCUT2D eigenvalue weighted by molar-refractivity contribution is -0.126. The third-order valence-corrected chi connectivity index (χ3v) is 6.54. The van der Waals surface area contributed by atoms with E-state index in [1.165, 1.54) is 0 Å². The Kier molecular flexibility index (Phi) is 7.73. The first-order valence-corrected chi connectivity index (χ1v) is 12.0. The molecule has 2 aromatic carbocycles. The van der Waals surface area contributed by atoms with E-state index in [2.05, 4.69) is 27.4 Å². The minimum Gasteiger partial charge on any atom is -0.329 e. The molecule has 1 aromatic heterocycles. The van der Waals surface area contributed by atoms with Crippen molar-refractivity contribution in [2.24, 2.45) is 5.73 Å². The highest BCUT2D eigenvalue weighted by molar-refractivity contribution is 5.98. The topological polar surface area (TPSA) is 91.2 Å². The summed E-state index contributed by atoms with van der Waals surface area (Å²) in [5.74, 6) is 0.152. The third-order valence-electron chi connectivity index (χ3n) is 6.54. The van der Waals surface area contributed by atoms with Crippen LogP contribution in [0, 0.1) is 11.3 Å². The second kappa shape index (κ2) is 11.1. The van der Waals surface area contributed by atoms with Gasteiger partial charge in [-0.25, -0.2) is 4.98 Å². The van der Waals surface area contributed by atoms with Gasteiger partial charge in [-0.1, -0.05) is 50.1 Å². The fraction of sp³-hybridized carbons (Fsp3) is 0.370. The number of carbonyl (C=O) groups is 1. The Labute approximate surface area is 201 Å². The van der Waals surface area contributed by atoms with Crippen LogP contribution in [0.3, 0.4) is 0 Å². The lowest BCUT2D eigenvalue weighted by atomic mass is 10.0. The summed E-state index contributed by atoms with van der Waals surface area (Å²) < 4.78 is 2.12. The maximum atomic E-state index is 13.7. The molecule has 0 unspecified atom stereocenters. The molecule has 1 fully saturated rings. The molecule has 7 heteroatoms. The smallest absolute Gasteiger partial charge is 0.244 e. The van der Waals surface area contributed by atoms with Crippen molar-refractivity contribution in [2.45, 2.75) is 51.9 Å². The number of unbranched alkanes of at least 4 members (excludes halogenated alkanes) is 1. The van der Waals surface area contributed by atoms with Crippen LogP contribution >= 0.6 is 0 Å². The molecule has 0 aliphatic carbocycles. The number of aromatic nitrogens is 2. The molecule has 1 amide bonds. The molecular formula is C27H32N6O. The van der Waals surface area contributed by atoms with Crippen molar-refractivity contribution in [2.75, 3.05) is 18.0 Å². The van der Waals surface area contributed by atoms with Gasteiger partial charge in [0, 0.05) is 44.6 Å². The Morgan fingerprint density at radius 2 is 1.91 bits per heavy atom. The van der Waals surface area contributed by atoms with Gasteiger partial charge in [-0.3, -0.25) is 9.69 Å².